The van der Waals surface area contributed by atoms with Crippen LogP contribution in [-0.2, 0) is 0 Å². The van der Waals surface area contributed by atoms with E-state index in [0.717, 1.165) is 11.8 Å². The Labute approximate surface area is 53.4 Å². The van der Waals surface area contributed by atoms with Crippen molar-refractivity contribution < 1.29 is 0 Å². The minimum Gasteiger partial charge on any atom is -0.0925 e. The van der Waals surface area contributed by atoms with E-state index in [1.54, 1.807) is 0 Å². The number of hydrogen-bond donors (Lipinski definition) is 0. The lowest BCUT2D eigenvalue weighted by Crippen LogP contribution is -1.78. The molecule has 0 bridgehead atoms. The van der Waals surface area contributed by atoms with Crippen molar-refractivity contribution >= 4 is 15.9 Å². The van der Waals surface area contributed by atoms with Crippen LogP contribution in [0, 0.1) is 11.8 Å². The molecular formula is C6H11Br. The normalized spacial score (nSPS) is 38.6. The Kier molecular flexibility index (Phi) is 1.74. The topological polar surface area (TPSA) is 0 Å². The van der Waals surface area contributed by atoms with Crippen molar-refractivity contribution in [1.82, 2.24) is 0 Å². The Bertz CT molecular complexity index is 53.2. The Balaban J connectivity index is 2.06. The summed E-state index contributed by atoms with van der Waals surface area (Å²) in [5, 5.41) is 1.23. The number of halogens is 1. The maximum Gasteiger partial charge on any atom is 0.00624 e. The monoisotopic (exact) mass is 162 g/mol. The van der Waals surface area contributed by atoms with E-state index in [0.29, 0.717) is 0 Å². The van der Waals surface area contributed by atoms with Crippen LogP contribution in [0.3, 0.4) is 0 Å². The summed E-state index contributed by atoms with van der Waals surface area (Å²) in [6, 6.07) is 0. The molecule has 0 unspecified atom stereocenters. The third-order valence-electron chi connectivity index (χ3n) is 1.79. The van der Waals surface area contributed by atoms with E-state index < -0.39 is 0 Å². The van der Waals surface area contributed by atoms with E-state index in [1.807, 2.05) is 0 Å². The van der Waals surface area contributed by atoms with Crippen LogP contribution in [0.2, 0.25) is 0 Å². The minimum atomic E-state index is 1.03. The van der Waals surface area contributed by atoms with Gasteiger partial charge in [-0.15, -0.1) is 0 Å². The second kappa shape index (κ2) is 2.17. The fraction of sp³-hybridized carbons (Fsp3) is 1.00. The Morgan fingerprint density at radius 2 is 2.29 bits per heavy atom. The molecule has 0 saturated heterocycles. The molecule has 1 rings (SSSR count). The number of alkyl halides is 1. The van der Waals surface area contributed by atoms with Crippen LogP contribution < -0.4 is 0 Å². The van der Waals surface area contributed by atoms with Gasteiger partial charge in [0.2, 0.25) is 0 Å². The van der Waals surface area contributed by atoms with E-state index in [2.05, 4.69) is 22.9 Å². The van der Waals surface area contributed by atoms with Crippen LogP contribution in [0.4, 0.5) is 0 Å². The zero-order chi connectivity index (χ0) is 5.28. The lowest BCUT2D eigenvalue weighted by Gasteiger charge is -1.84. The number of hydrogen-bond acceptors (Lipinski definition) is 0. The van der Waals surface area contributed by atoms with Crippen molar-refractivity contribution in [2.45, 2.75) is 19.8 Å². The molecule has 1 aliphatic carbocycles. The van der Waals surface area contributed by atoms with E-state index >= 15 is 0 Å². The zero-order valence-electron chi connectivity index (χ0n) is 4.65. The van der Waals surface area contributed by atoms with Gasteiger partial charge in [0.25, 0.3) is 0 Å². The molecule has 0 amide bonds. The average molecular weight is 163 g/mol. The molecule has 0 nitrogen and oxygen atoms in total. The summed E-state index contributed by atoms with van der Waals surface area (Å²) in [7, 11) is 0. The summed E-state index contributed by atoms with van der Waals surface area (Å²) in [6.07, 6.45) is 2.86. The van der Waals surface area contributed by atoms with E-state index in [9.17, 15) is 0 Å². The third-order valence-corrected chi connectivity index (χ3v) is 2.62. The molecule has 0 radical (unpaired) electrons. The van der Waals surface area contributed by atoms with Gasteiger partial charge >= 0.3 is 0 Å². The molecule has 0 aromatic carbocycles. The maximum atomic E-state index is 3.46. The van der Waals surface area contributed by atoms with Crippen LogP contribution in [-0.4, -0.2) is 5.33 Å². The fourth-order valence-electron chi connectivity index (χ4n) is 0.999. The van der Waals surface area contributed by atoms with Crippen LogP contribution >= 0.6 is 15.9 Å². The second-order valence-electron chi connectivity index (χ2n) is 2.32. The van der Waals surface area contributed by atoms with Crippen molar-refractivity contribution in [3.8, 4) is 0 Å². The Morgan fingerprint density at radius 1 is 1.57 bits per heavy atom. The van der Waals surface area contributed by atoms with Gasteiger partial charge in [0.05, 0.1) is 0 Å². The standard InChI is InChI=1S/C6H11Br/c1-2-5-3-6(5)4-7/h5-6H,2-4H2,1H3/t5-,6-/m0/s1. The number of rotatable bonds is 2. The van der Waals surface area contributed by atoms with Gasteiger partial charge < -0.3 is 0 Å². The quantitative estimate of drug-likeness (QED) is 0.548. The molecule has 0 aliphatic heterocycles. The Morgan fingerprint density at radius 3 is 2.43 bits per heavy atom. The fourth-order valence-corrected chi connectivity index (χ4v) is 1.79. The van der Waals surface area contributed by atoms with Gasteiger partial charge in [-0.3, -0.25) is 0 Å². The summed E-state index contributed by atoms with van der Waals surface area (Å²) in [4.78, 5) is 0. The SMILES string of the molecule is CC[C@H]1C[C@H]1CBr. The van der Waals surface area contributed by atoms with Gasteiger partial charge in [0.15, 0.2) is 0 Å². The molecule has 0 aromatic rings. The van der Waals surface area contributed by atoms with Crippen LogP contribution in [0.15, 0.2) is 0 Å². The molecule has 1 saturated carbocycles. The first-order chi connectivity index (χ1) is 3.38. The highest BCUT2D eigenvalue weighted by Crippen LogP contribution is 2.41. The van der Waals surface area contributed by atoms with Crippen molar-refractivity contribution in [1.29, 1.82) is 0 Å². The minimum absolute atomic E-state index is 1.03. The predicted octanol–water partition coefficient (Wildman–Crippen LogP) is 2.43. The Hall–Kier alpha value is 0.480. The first-order valence-electron chi connectivity index (χ1n) is 2.94. The molecule has 1 fully saturated rings. The largest absolute Gasteiger partial charge is 0.0925 e. The first-order valence-corrected chi connectivity index (χ1v) is 4.06. The average Bonchev–Trinajstić information content (AvgIpc) is 2.43. The molecule has 7 heavy (non-hydrogen) atoms. The summed E-state index contributed by atoms with van der Waals surface area (Å²) >= 11 is 3.46. The van der Waals surface area contributed by atoms with Gasteiger partial charge in [-0.1, -0.05) is 29.3 Å². The van der Waals surface area contributed by atoms with Crippen LogP contribution in [0.25, 0.3) is 0 Å². The van der Waals surface area contributed by atoms with E-state index in [1.165, 1.54) is 18.2 Å². The van der Waals surface area contributed by atoms with Crippen molar-refractivity contribution in [3.05, 3.63) is 0 Å². The van der Waals surface area contributed by atoms with Crippen LogP contribution in [0.1, 0.15) is 19.8 Å². The first kappa shape index (κ1) is 5.61. The highest BCUT2D eigenvalue weighted by atomic mass is 79.9. The van der Waals surface area contributed by atoms with Gasteiger partial charge in [0.1, 0.15) is 0 Å². The molecule has 1 aliphatic rings. The maximum absolute atomic E-state index is 3.46. The highest BCUT2D eigenvalue weighted by molar-refractivity contribution is 9.09. The molecule has 1 heteroatoms. The van der Waals surface area contributed by atoms with E-state index in [-0.39, 0.29) is 0 Å². The molecule has 0 N–H and O–H groups in total. The summed E-state index contributed by atoms with van der Waals surface area (Å²) in [6.45, 7) is 2.27. The van der Waals surface area contributed by atoms with Gasteiger partial charge in [0, 0.05) is 5.33 Å². The predicted molar refractivity (Wildman–Crippen MR) is 35.7 cm³/mol. The van der Waals surface area contributed by atoms with Crippen molar-refractivity contribution in [2.24, 2.45) is 11.8 Å². The van der Waals surface area contributed by atoms with E-state index in [4.69, 9.17) is 0 Å². The molecule has 42 valence electrons. The van der Waals surface area contributed by atoms with Gasteiger partial charge in [-0.2, -0.15) is 0 Å². The highest BCUT2D eigenvalue weighted by Gasteiger charge is 2.33. The smallest absolute Gasteiger partial charge is 0.00624 e. The van der Waals surface area contributed by atoms with Crippen LogP contribution in [0.5, 0.6) is 0 Å². The lowest BCUT2D eigenvalue weighted by molar-refractivity contribution is 0.731. The van der Waals surface area contributed by atoms with Crippen molar-refractivity contribution in [3.63, 3.8) is 0 Å². The zero-order valence-corrected chi connectivity index (χ0v) is 6.24. The molecule has 0 spiro atoms. The summed E-state index contributed by atoms with van der Waals surface area (Å²) in [5.74, 6) is 2.10. The molecule has 2 atom stereocenters. The third kappa shape index (κ3) is 1.18. The molecule has 0 aromatic heterocycles. The molecular weight excluding hydrogens is 152 g/mol. The summed E-state index contributed by atoms with van der Waals surface area (Å²) in [5.41, 5.74) is 0. The summed E-state index contributed by atoms with van der Waals surface area (Å²) < 4.78 is 0. The van der Waals surface area contributed by atoms with Gasteiger partial charge in [-0.25, -0.2) is 0 Å². The van der Waals surface area contributed by atoms with Gasteiger partial charge in [-0.05, 0) is 18.3 Å². The second-order valence-corrected chi connectivity index (χ2v) is 2.97. The molecule has 0 heterocycles. The van der Waals surface area contributed by atoms with Crippen molar-refractivity contribution in [2.75, 3.05) is 5.33 Å². The lowest BCUT2D eigenvalue weighted by atomic mass is 10.3.